The largest absolute Gasteiger partial charge is 0.396 e. The molecule has 0 bridgehead atoms. The van der Waals surface area contributed by atoms with Gasteiger partial charge in [-0.2, -0.15) is 0 Å². The van der Waals surface area contributed by atoms with Crippen molar-refractivity contribution in [3.05, 3.63) is 71.8 Å². The highest BCUT2D eigenvalue weighted by Gasteiger charge is 2.05. The number of hydrogen-bond acceptors (Lipinski definition) is 4. The van der Waals surface area contributed by atoms with Crippen LogP contribution >= 0.6 is 0 Å². The summed E-state index contributed by atoms with van der Waals surface area (Å²) in [6.07, 6.45) is 2.02. The maximum atomic E-state index is 9.11. The molecule has 0 aliphatic rings. The summed E-state index contributed by atoms with van der Waals surface area (Å²) in [7, 11) is 0. The van der Waals surface area contributed by atoms with E-state index in [1.54, 1.807) is 6.21 Å². The van der Waals surface area contributed by atoms with Crippen LogP contribution < -0.4 is 0 Å². The molecule has 0 aliphatic heterocycles. The number of aliphatic hydroxyl groups is 1. The van der Waals surface area contributed by atoms with E-state index in [-0.39, 0.29) is 19.5 Å². The predicted molar refractivity (Wildman–Crippen MR) is 91.3 cm³/mol. The summed E-state index contributed by atoms with van der Waals surface area (Å²) < 4.78 is 11.1. The highest BCUT2D eigenvalue weighted by molar-refractivity contribution is 5.63. The molecule has 23 heavy (non-hydrogen) atoms. The van der Waals surface area contributed by atoms with Crippen LogP contribution in [0.5, 0.6) is 0 Å². The molecule has 0 radical (unpaired) electrons. The summed E-state index contributed by atoms with van der Waals surface area (Å²) >= 11 is 0. The molecular formula is C19H23NO3. The fourth-order valence-corrected chi connectivity index (χ4v) is 2.06. The number of aliphatic imine (C=N–C) groups is 1. The Hall–Kier alpha value is -2.01. The standard InChI is InChI=1S/C19H23NO3/c21-12-11-19(14-20-13-17-7-3-1-4-8-17)23-16-22-15-18-9-5-2-6-10-18/h1-10,14,19,21H,11-13,15-16H2/t19-/m0/s1. The molecule has 0 amide bonds. The number of benzene rings is 2. The zero-order valence-corrected chi connectivity index (χ0v) is 13.2. The Morgan fingerprint density at radius 3 is 2.26 bits per heavy atom. The van der Waals surface area contributed by atoms with E-state index in [9.17, 15) is 0 Å². The third kappa shape index (κ3) is 7.19. The average molecular weight is 313 g/mol. The zero-order valence-electron chi connectivity index (χ0n) is 13.2. The maximum absolute atomic E-state index is 9.11. The molecule has 0 saturated carbocycles. The molecule has 0 unspecified atom stereocenters. The maximum Gasteiger partial charge on any atom is 0.148 e. The van der Waals surface area contributed by atoms with Crippen molar-refractivity contribution in [2.24, 2.45) is 4.99 Å². The van der Waals surface area contributed by atoms with Crippen molar-refractivity contribution >= 4 is 6.21 Å². The van der Waals surface area contributed by atoms with Gasteiger partial charge in [-0.1, -0.05) is 60.7 Å². The first kappa shape index (κ1) is 17.3. The Balaban J connectivity index is 1.70. The van der Waals surface area contributed by atoms with Crippen LogP contribution in [-0.4, -0.2) is 30.8 Å². The van der Waals surface area contributed by atoms with Gasteiger partial charge in [-0.05, 0) is 11.1 Å². The molecule has 1 N–H and O–H groups in total. The first-order valence-electron chi connectivity index (χ1n) is 7.76. The van der Waals surface area contributed by atoms with Crippen LogP contribution in [0.4, 0.5) is 0 Å². The topological polar surface area (TPSA) is 51.1 Å². The normalized spacial score (nSPS) is 12.6. The van der Waals surface area contributed by atoms with Crippen molar-refractivity contribution in [3.8, 4) is 0 Å². The van der Waals surface area contributed by atoms with E-state index in [0.29, 0.717) is 19.6 Å². The molecule has 0 heterocycles. The molecule has 2 rings (SSSR count). The van der Waals surface area contributed by atoms with Crippen molar-refractivity contribution < 1.29 is 14.6 Å². The van der Waals surface area contributed by atoms with Gasteiger partial charge in [0.2, 0.25) is 0 Å². The summed E-state index contributed by atoms with van der Waals surface area (Å²) in [6, 6.07) is 20.0. The highest BCUT2D eigenvalue weighted by atomic mass is 16.7. The Labute approximate surface area is 137 Å². The van der Waals surface area contributed by atoms with E-state index in [2.05, 4.69) is 4.99 Å². The smallest absolute Gasteiger partial charge is 0.148 e. The van der Waals surface area contributed by atoms with Gasteiger partial charge in [0, 0.05) is 19.2 Å². The Morgan fingerprint density at radius 2 is 1.61 bits per heavy atom. The first-order chi connectivity index (χ1) is 11.4. The van der Waals surface area contributed by atoms with Crippen LogP contribution in [0.15, 0.2) is 65.7 Å². The molecule has 0 spiro atoms. The van der Waals surface area contributed by atoms with Gasteiger partial charge >= 0.3 is 0 Å². The number of nitrogens with zero attached hydrogens (tertiary/aromatic N) is 1. The molecule has 122 valence electrons. The molecule has 0 saturated heterocycles. The third-order valence-electron chi connectivity index (χ3n) is 3.28. The Bertz CT molecular complexity index is 557. The van der Waals surface area contributed by atoms with Crippen LogP contribution in [0.25, 0.3) is 0 Å². The van der Waals surface area contributed by atoms with Gasteiger partial charge in [-0.3, -0.25) is 4.99 Å². The Morgan fingerprint density at radius 1 is 0.957 bits per heavy atom. The number of aliphatic hydroxyl groups excluding tert-OH is 1. The monoisotopic (exact) mass is 313 g/mol. The highest BCUT2D eigenvalue weighted by Crippen LogP contribution is 2.03. The molecule has 2 aromatic rings. The quantitative estimate of drug-likeness (QED) is 0.416. The van der Waals surface area contributed by atoms with E-state index >= 15 is 0 Å². The van der Waals surface area contributed by atoms with Crippen LogP contribution in [-0.2, 0) is 22.6 Å². The van der Waals surface area contributed by atoms with Crippen molar-refractivity contribution in [2.75, 3.05) is 13.4 Å². The summed E-state index contributed by atoms with van der Waals surface area (Å²) in [5, 5.41) is 9.11. The molecule has 0 aromatic heterocycles. The van der Waals surface area contributed by atoms with Gasteiger partial charge in [0.05, 0.1) is 19.3 Å². The summed E-state index contributed by atoms with van der Waals surface area (Å²) in [5.41, 5.74) is 2.25. The third-order valence-corrected chi connectivity index (χ3v) is 3.28. The van der Waals surface area contributed by atoms with Crippen LogP contribution in [0.1, 0.15) is 17.5 Å². The minimum atomic E-state index is -0.237. The van der Waals surface area contributed by atoms with Crippen LogP contribution in [0.2, 0.25) is 0 Å². The van der Waals surface area contributed by atoms with Crippen molar-refractivity contribution in [1.82, 2.24) is 0 Å². The molecular weight excluding hydrogens is 290 g/mol. The van der Waals surface area contributed by atoms with Crippen molar-refractivity contribution in [2.45, 2.75) is 25.7 Å². The fourth-order valence-electron chi connectivity index (χ4n) is 2.06. The molecule has 2 aromatic carbocycles. The molecule has 0 aliphatic carbocycles. The minimum absolute atomic E-state index is 0.0563. The molecule has 4 heteroatoms. The van der Waals surface area contributed by atoms with Gasteiger partial charge in [-0.15, -0.1) is 0 Å². The van der Waals surface area contributed by atoms with Gasteiger partial charge in [0.1, 0.15) is 6.79 Å². The second kappa shape index (κ2) is 10.7. The van der Waals surface area contributed by atoms with Crippen molar-refractivity contribution in [3.63, 3.8) is 0 Å². The van der Waals surface area contributed by atoms with Gasteiger partial charge in [0.25, 0.3) is 0 Å². The lowest BCUT2D eigenvalue weighted by Crippen LogP contribution is -2.18. The minimum Gasteiger partial charge on any atom is -0.396 e. The summed E-state index contributed by atoms with van der Waals surface area (Å²) in [6.45, 7) is 1.35. The van der Waals surface area contributed by atoms with E-state index in [1.807, 2.05) is 60.7 Å². The lowest BCUT2D eigenvalue weighted by atomic mass is 10.2. The zero-order chi connectivity index (χ0) is 16.2. The number of rotatable bonds is 10. The van der Waals surface area contributed by atoms with Crippen LogP contribution in [0.3, 0.4) is 0 Å². The Kier molecular flexibility index (Phi) is 8.05. The first-order valence-corrected chi connectivity index (χ1v) is 7.76. The lowest BCUT2D eigenvalue weighted by molar-refractivity contribution is -0.0795. The van der Waals surface area contributed by atoms with E-state index in [4.69, 9.17) is 14.6 Å². The summed E-state index contributed by atoms with van der Waals surface area (Å²) in [4.78, 5) is 4.38. The number of ether oxygens (including phenoxy) is 2. The van der Waals surface area contributed by atoms with E-state index in [1.165, 1.54) is 0 Å². The molecule has 0 fully saturated rings. The van der Waals surface area contributed by atoms with Crippen LogP contribution in [0, 0.1) is 0 Å². The van der Waals surface area contributed by atoms with Gasteiger partial charge < -0.3 is 14.6 Å². The van der Waals surface area contributed by atoms with E-state index in [0.717, 1.165) is 11.1 Å². The SMILES string of the molecule is OCC[C@@H](C=NCc1ccccc1)OCOCc1ccccc1. The fraction of sp³-hybridized carbons (Fsp3) is 0.316. The lowest BCUT2D eigenvalue weighted by Gasteiger charge is -2.12. The number of hydrogen-bond donors (Lipinski definition) is 1. The summed E-state index contributed by atoms with van der Waals surface area (Å²) in [5.74, 6) is 0. The average Bonchev–Trinajstić information content (AvgIpc) is 2.60. The van der Waals surface area contributed by atoms with E-state index < -0.39 is 0 Å². The van der Waals surface area contributed by atoms with Crippen molar-refractivity contribution in [1.29, 1.82) is 0 Å². The molecule has 4 nitrogen and oxygen atoms in total. The molecule has 1 atom stereocenters. The second-order valence-electron chi connectivity index (χ2n) is 5.14. The van der Waals surface area contributed by atoms with Gasteiger partial charge in [0.15, 0.2) is 0 Å². The second-order valence-corrected chi connectivity index (χ2v) is 5.14. The van der Waals surface area contributed by atoms with Gasteiger partial charge in [-0.25, -0.2) is 0 Å². The predicted octanol–water partition coefficient (Wildman–Crippen LogP) is 3.20.